The maximum absolute atomic E-state index is 13.1. The Balaban J connectivity index is 1.60. The van der Waals surface area contributed by atoms with Crippen LogP contribution in [0.4, 0.5) is 11.4 Å². The van der Waals surface area contributed by atoms with Gasteiger partial charge in [0.2, 0.25) is 15.9 Å². The van der Waals surface area contributed by atoms with E-state index in [4.69, 9.17) is 4.74 Å². The zero-order valence-electron chi connectivity index (χ0n) is 17.8. The van der Waals surface area contributed by atoms with Crippen molar-refractivity contribution < 1.29 is 17.9 Å². The van der Waals surface area contributed by atoms with Crippen LogP contribution in [0.1, 0.15) is 24.0 Å². The van der Waals surface area contributed by atoms with Crippen molar-refractivity contribution in [1.82, 2.24) is 4.31 Å². The minimum atomic E-state index is -3.64. The Labute approximate surface area is 184 Å². The molecule has 0 spiro atoms. The van der Waals surface area contributed by atoms with Crippen LogP contribution in [0, 0.1) is 6.92 Å². The number of nitrogens with one attached hydrogen (secondary N) is 1. The molecule has 2 aliphatic rings. The topological polar surface area (TPSA) is 79.0 Å². The van der Waals surface area contributed by atoms with E-state index >= 15 is 0 Å². The third-order valence-corrected chi connectivity index (χ3v) is 7.68. The van der Waals surface area contributed by atoms with E-state index in [1.807, 2.05) is 37.3 Å². The summed E-state index contributed by atoms with van der Waals surface area (Å²) < 4.78 is 33.0. The number of morpholine rings is 1. The van der Waals surface area contributed by atoms with Gasteiger partial charge < -0.3 is 15.0 Å². The molecule has 0 aromatic heterocycles. The number of hydrogen-bond acceptors (Lipinski definition) is 5. The Kier molecular flexibility index (Phi) is 6.60. The van der Waals surface area contributed by atoms with E-state index in [0.29, 0.717) is 32.0 Å². The zero-order valence-corrected chi connectivity index (χ0v) is 18.7. The molecule has 4 rings (SSSR count). The molecule has 0 aliphatic carbocycles. The van der Waals surface area contributed by atoms with Crippen LogP contribution in [0.2, 0.25) is 0 Å². The van der Waals surface area contributed by atoms with Gasteiger partial charge in [0.25, 0.3) is 0 Å². The maximum atomic E-state index is 13.1. The highest BCUT2D eigenvalue weighted by Crippen LogP contribution is 2.32. The predicted octanol–water partition coefficient (Wildman–Crippen LogP) is 2.80. The molecule has 0 saturated carbocycles. The van der Waals surface area contributed by atoms with Crippen molar-refractivity contribution in [1.29, 1.82) is 0 Å². The summed E-state index contributed by atoms with van der Waals surface area (Å²) in [7, 11) is -3.64. The van der Waals surface area contributed by atoms with E-state index in [-0.39, 0.29) is 17.2 Å². The molecule has 2 heterocycles. The second-order valence-corrected chi connectivity index (χ2v) is 10.0. The Morgan fingerprint density at radius 1 is 1.00 bits per heavy atom. The molecule has 1 amide bonds. The van der Waals surface area contributed by atoms with E-state index < -0.39 is 10.0 Å². The van der Waals surface area contributed by atoms with Crippen molar-refractivity contribution >= 4 is 27.3 Å². The summed E-state index contributed by atoms with van der Waals surface area (Å²) in [6.07, 6.45) is 2.41. The van der Waals surface area contributed by atoms with Crippen LogP contribution in [0.15, 0.2) is 47.4 Å². The number of ether oxygens (including phenoxy) is 1. The van der Waals surface area contributed by atoms with Gasteiger partial charge in [0, 0.05) is 26.2 Å². The number of sulfonamides is 1. The highest BCUT2D eigenvalue weighted by atomic mass is 32.2. The molecule has 0 atom stereocenters. The summed E-state index contributed by atoms with van der Waals surface area (Å²) in [5, 5.41) is 2.98. The molecule has 2 fully saturated rings. The van der Waals surface area contributed by atoms with Crippen LogP contribution >= 0.6 is 0 Å². The van der Waals surface area contributed by atoms with Crippen molar-refractivity contribution in [2.45, 2.75) is 31.1 Å². The first-order valence-corrected chi connectivity index (χ1v) is 12.2. The van der Waals surface area contributed by atoms with Gasteiger partial charge in [0.05, 0.1) is 35.9 Å². The number of nitrogens with zero attached hydrogens (tertiary/aromatic N) is 2. The lowest BCUT2D eigenvalue weighted by molar-refractivity contribution is -0.115. The summed E-state index contributed by atoms with van der Waals surface area (Å²) in [4.78, 5) is 15.2. The lowest BCUT2D eigenvalue weighted by Crippen LogP contribution is -2.40. The standard InChI is InChI=1S/C23H29N3O4S/c1-18-4-6-19(7-5-18)16-23(27)24-21-17-20(8-9-22(21)25-10-2-3-11-25)31(28,29)26-12-14-30-15-13-26/h4-9,17H,2-3,10-16H2,1H3,(H,24,27). The molecule has 2 aliphatic heterocycles. The molecule has 1 N–H and O–H groups in total. The maximum Gasteiger partial charge on any atom is 0.243 e. The van der Waals surface area contributed by atoms with Crippen molar-refractivity contribution in [3.05, 3.63) is 53.6 Å². The summed E-state index contributed by atoms with van der Waals surface area (Å²) in [5.41, 5.74) is 3.48. The fourth-order valence-corrected chi connectivity index (χ4v) is 5.47. The van der Waals surface area contributed by atoms with Gasteiger partial charge in [-0.2, -0.15) is 4.31 Å². The number of hydrogen-bond donors (Lipinski definition) is 1. The molecule has 0 unspecified atom stereocenters. The van der Waals surface area contributed by atoms with Gasteiger partial charge in [-0.05, 0) is 43.5 Å². The number of carbonyl (C=O) groups excluding carboxylic acids is 1. The van der Waals surface area contributed by atoms with Crippen LogP contribution in [0.3, 0.4) is 0 Å². The SMILES string of the molecule is Cc1ccc(CC(=O)Nc2cc(S(=O)(=O)N3CCOCC3)ccc2N2CCCC2)cc1. The monoisotopic (exact) mass is 443 g/mol. The molecule has 2 aromatic carbocycles. The normalized spacial score (nSPS) is 17.6. The largest absolute Gasteiger partial charge is 0.379 e. The zero-order chi connectivity index (χ0) is 21.8. The highest BCUT2D eigenvalue weighted by molar-refractivity contribution is 7.89. The molecule has 0 radical (unpaired) electrons. The average Bonchev–Trinajstić information content (AvgIpc) is 3.30. The molecule has 31 heavy (non-hydrogen) atoms. The van der Waals surface area contributed by atoms with Crippen LogP contribution in [-0.2, 0) is 26.0 Å². The first-order valence-electron chi connectivity index (χ1n) is 10.8. The number of aryl methyl sites for hydroxylation is 1. The third-order valence-electron chi connectivity index (χ3n) is 5.78. The minimum Gasteiger partial charge on any atom is -0.379 e. The van der Waals surface area contributed by atoms with Crippen molar-refractivity contribution in [2.24, 2.45) is 0 Å². The lowest BCUT2D eigenvalue weighted by Gasteiger charge is -2.27. The van der Waals surface area contributed by atoms with E-state index in [1.165, 1.54) is 4.31 Å². The molecule has 7 nitrogen and oxygen atoms in total. The molecular formula is C23H29N3O4S. The Morgan fingerprint density at radius 3 is 2.35 bits per heavy atom. The van der Waals surface area contributed by atoms with Crippen LogP contribution in [0.5, 0.6) is 0 Å². The predicted molar refractivity (Wildman–Crippen MR) is 121 cm³/mol. The summed E-state index contributed by atoms with van der Waals surface area (Å²) in [5.74, 6) is -0.162. The van der Waals surface area contributed by atoms with Crippen molar-refractivity contribution in [2.75, 3.05) is 49.6 Å². The molecule has 8 heteroatoms. The highest BCUT2D eigenvalue weighted by Gasteiger charge is 2.28. The van der Waals surface area contributed by atoms with E-state index in [2.05, 4.69) is 10.2 Å². The molecule has 166 valence electrons. The van der Waals surface area contributed by atoms with Gasteiger partial charge in [-0.15, -0.1) is 0 Å². The van der Waals surface area contributed by atoms with Gasteiger partial charge in [0.15, 0.2) is 0 Å². The van der Waals surface area contributed by atoms with Crippen molar-refractivity contribution in [3.63, 3.8) is 0 Å². The Bertz CT molecular complexity index is 1030. The fourth-order valence-electron chi connectivity index (χ4n) is 4.03. The Morgan fingerprint density at radius 2 is 1.68 bits per heavy atom. The van der Waals surface area contributed by atoms with Crippen LogP contribution in [0.25, 0.3) is 0 Å². The van der Waals surface area contributed by atoms with Gasteiger partial charge >= 0.3 is 0 Å². The van der Waals surface area contributed by atoms with Gasteiger partial charge in [-0.3, -0.25) is 4.79 Å². The van der Waals surface area contributed by atoms with Crippen molar-refractivity contribution in [3.8, 4) is 0 Å². The van der Waals surface area contributed by atoms with E-state index in [9.17, 15) is 13.2 Å². The first kappa shape index (κ1) is 21.8. The average molecular weight is 444 g/mol. The van der Waals surface area contributed by atoms with Crippen LogP contribution < -0.4 is 10.2 Å². The summed E-state index contributed by atoms with van der Waals surface area (Å²) in [6.45, 7) is 5.27. The third kappa shape index (κ3) is 5.08. The second kappa shape index (κ2) is 9.38. The molecule has 2 aromatic rings. The fraction of sp³-hybridized carbons (Fsp3) is 0.435. The molecule has 0 bridgehead atoms. The summed E-state index contributed by atoms with van der Waals surface area (Å²) in [6, 6.07) is 12.9. The number of benzene rings is 2. The minimum absolute atomic E-state index is 0.162. The van der Waals surface area contributed by atoms with Gasteiger partial charge in [-0.25, -0.2) is 8.42 Å². The lowest BCUT2D eigenvalue weighted by atomic mass is 10.1. The number of amides is 1. The van der Waals surface area contributed by atoms with Gasteiger partial charge in [-0.1, -0.05) is 29.8 Å². The van der Waals surface area contributed by atoms with Crippen LogP contribution in [-0.4, -0.2) is 58.0 Å². The van der Waals surface area contributed by atoms with E-state index in [1.54, 1.807) is 12.1 Å². The molecule has 2 saturated heterocycles. The smallest absolute Gasteiger partial charge is 0.243 e. The van der Waals surface area contributed by atoms with E-state index in [0.717, 1.165) is 42.7 Å². The first-order chi connectivity index (χ1) is 14.9. The Hall–Kier alpha value is -2.42. The second-order valence-electron chi connectivity index (χ2n) is 8.10. The van der Waals surface area contributed by atoms with Gasteiger partial charge in [0.1, 0.15) is 0 Å². The summed E-state index contributed by atoms with van der Waals surface area (Å²) >= 11 is 0. The molecular weight excluding hydrogens is 414 g/mol. The number of carbonyl (C=O) groups is 1. The quantitative estimate of drug-likeness (QED) is 0.743. The number of anilines is 2. The number of rotatable bonds is 6.